The Morgan fingerprint density at radius 3 is 1.77 bits per heavy atom. The van der Waals surface area contributed by atoms with Gasteiger partial charge in [-0.05, 0) is 18.8 Å². The summed E-state index contributed by atoms with van der Waals surface area (Å²) < 4.78 is 0. The average Bonchev–Trinajstić information content (AvgIpc) is 2.66. The average molecular weight is 467 g/mol. The molecule has 0 bridgehead atoms. The van der Waals surface area contributed by atoms with Gasteiger partial charge in [-0.3, -0.25) is 19.2 Å². The van der Waals surface area contributed by atoms with E-state index in [2.05, 4.69) is 41.2 Å². The Morgan fingerprint density at radius 2 is 1.33 bits per heavy atom. The van der Waals surface area contributed by atoms with Crippen molar-refractivity contribution in [2.24, 2.45) is 11.7 Å². The van der Waals surface area contributed by atoms with Gasteiger partial charge in [0.25, 0.3) is 0 Å². The Labute approximate surface area is 185 Å². The van der Waals surface area contributed by atoms with E-state index in [9.17, 15) is 29.1 Å². The van der Waals surface area contributed by atoms with Crippen molar-refractivity contribution in [3.63, 3.8) is 0 Å². The highest BCUT2D eigenvalue weighted by Crippen LogP contribution is 2.07. The number of nitrogens with two attached hydrogens (primary N) is 1. The minimum Gasteiger partial charge on any atom is -0.481 e. The third kappa shape index (κ3) is 10.7. The van der Waals surface area contributed by atoms with Crippen LogP contribution in [-0.4, -0.2) is 75.5 Å². The van der Waals surface area contributed by atoms with Crippen molar-refractivity contribution in [3.05, 3.63) is 0 Å². The molecule has 0 aromatic carbocycles. The van der Waals surface area contributed by atoms with E-state index in [4.69, 9.17) is 10.8 Å². The van der Waals surface area contributed by atoms with Crippen molar-refractivity contribution in [2.75, 3.05) is 11.5 Å². The van der Waals surface area contributed by atoms with E-state index in [1.165, 1.54) is 0 Å². The van der Waals surface area contributed by atoms with Gasteiger partial charge in [-0.15, -0.1) is 0 Å². The van der Waals surface area contributed by atoms with Gasteiger partial charge in [0.05, 0.1) is 6.04 Å². The van der Waals surface area contributed by atoms with Crippen LogP contribution >= 0.6 is 25.3 Å². The van der Waals surface area contributed by atoms with Crippen molar-refractivity contribution in [2.45, 2.75) is 57.3 Å². The number of rotatable bonds is 14. The first kappa shape index (κ1) is 28.0. The zero-order valence-corrected chi connectivity index (χ0v) is 18.6. The van der Waals surface area contributed by atoms with Crippen molar-refractivity contribution in [3.8, 4) is 0 Å². The lowest BCUT2D eigenvalue weighted by atomic mass is 10.0. The van der Waals surface area contributed by atoms with Crippen LogP contribution in [0.3, 0.4) is 0 Å². The van der Waals surface area contributed by atoms with Gasteiger partial charge >= 0.3 is 11.9 Å². The molecule has 4 unspecified atom stereocenters. The summed E-state index contributed by atoms with van der Waals surface area (Å²) in [5, 5.41) is 25.2. The van der Waals surface area contributed by atoms with E-state index < -0.39 is 60.2 Å². The summed E-state index contributed by atoms with van der Waals surface area (Å²) in [5.41, 5.74) is 5.54. The standard InChI is InChI=1S/C17H30N4O7S2/c1-8(2)5-11(17(27)28)20-15(25)10(3-4-13(22)23)19-16(26)12(7-30)21-14(24)9(18)6-29/h8-12,29-30H,3-7,18H2,1-2H3,(H,19,26)(H,20,25)(H,21,24)(H,22,23)(H,27,28). The van der Waals surface area contributed by atoms with Crippen LogP contribution in [0.15, 0.2) is 0 Å². The van der Waals surface area contributed by atoms with E-state index in [0.29, 0.717) is 0 Å². The molecule has 0 aliphatic heterocycles. The first-order chi connectivity index (χ1) is 13.9. The van der Waals surface area contributed by atoms with E-state index in [1.54, 1.807) is 13.8 Å². The molecule has 0 rings (SSSR count). The number of hydrogen-bond acceptors (Lipinski definition) is 8. The van der Waals surface area contributed by atoms with Gasteiger partial charge in [-0.25, -0.2) is 4.79 Å². The SMILES string of the molecule is CC(C)CC(NC(=O)C(CCC(=O)O)NC(=O)C(CS)NC(=O)C(N)CS)C(=O)O. The molecule has 0 saturated carbocycles. The fraction of sp³-hybridized carbons (Fsp3) is 0.706. The summed E-state index contributed by atoms with van der Waals surface area (Å²) in [4.78, 5) is 59.2. The highest BCUT2D eigenvalue weighted by Gasteiger charge is 2.30. The second-order valence-electron chi connectivity index (χ2n) is 7.06. The largest absolute Gasteiger partial charge is 0.481 e. The Bertz CT molecular complexity index is 633. The summed E-state index contributed by atoms with van der Waals surface area (Å²) in [7, 11) is 0. The zero-order chi connectivity index (χ0) is 23.4. The molecule has 0 fully saturated rings. The maximum absolute atomic E-state index is 12.6. The van der Waals surface area contributed by atoms with Crippen LogP contribution in [0.4, 0.5) is 0 Å². The lowest BCUT2D eigenvalue weighted by Gasteiger charge is -2.24. The monoisotopic (exact) mass is 466 g/mol. The van der Waals surface area contributed by atoms with Crippen LogP contribution < -0.4 is 21.7 Å². The zero-order valence-electron chi connectivity index (χ0n) is 16.8. The Kier molecular flexibility index (Phi) is 13.2. The van der Waals surface area contributed by atoms with Crippen LogP contribution in [0, 0.1) is 5.92 Å². The Balaban J connectivity index is 5.32. The summed E-state index contributed by atoms with van der Waals surface area (Å²) >= 11 is 7.90. The number of thiol groups is 2. The second-order valence-corrected chi connectivity index (χ2v) is 7.79. The molecule has 3 amide bonds. The van der Waals surface area contributed by atoms with Gasteiger partial charge in [0.15, 0.2) is 0 Å². The van der Waals surface area contributed by atoms with E-state index in [0.717, 1.165) is 0 Å². The molecule has 0 saturated heterocycles. The smallest absolute Gasteiger partial charge is 0.326 e. The molecule has 30 heavy (non-hydrogen) atoms. The van der Waals surface area contributed by atoms with E-state index >= 15 is 0 Å². The second kappa shape index (κ2) is 14.1. The predicted molar refractivity (Wildman–Crippen MR) is 115 cm³/mol. The van der Waals surface area contributed by atoms with Crippen LogP contribution in [0.25, 0.3) is 0 Å². The number of carbonyl (C=O) groups excluding carboxylic acids is 3. The molecule has 0 aromatic heterocycles. The molecular formula is C17H30N4O7S2. The number of nitrogens with one attached hydrogen (secondary N) is 3. The van der Waals surface area contributed by atoms with Crippen molar-refractivity contribution in [1.29, 1.82) is 0 Å². The minimum absolute atomic E-state index is 0.0294. The van der Waals surface area contributed by atoms with Gasteiger partial charge in [0.1, 0.15) is 18.1 Å². The lowest BCUT2D eigenvalue weighted by molar-refractivity contribution is -0.143. The van der Waals surface area contributed by atoms with Gasteiger partial charge in [-0.2, -0.15) is 25.3 Å². The fourth-order valence-electron chi connectivity index (χ4n) is 2.33. The van der Waals surface area contributed by atoms with Crippen molar-refractivity contribution < 1.29 is 34.2 Å². The van der Waals surface area contributed by atoms with Crippen LogP contribution in [-0.2, 0) is 24.0 Å². The summed E-state index contributed by atoms with van der Waals surface area (Å²) in [6.45, 7) is 3.56. The van der Waals surface area contributed by atoms with Gasteiger partial charge in [-0.1, -0.05) is 13.8 Å². The topological polar surface area (TPSA) is 188 Å². The lowest BCUT2D eigenvalue weighted by Crippen LogP contribution is -2.58. The van der Waals surface area contributed by atoms with Gasteiger partial charge in [0, 0.05) is 17.9 Å². The molecule has 0 spiro atoms. The number of carbonyl (C=O) groups is 5. The van der Waals surface area contributed by atoms with Crippen molar-refractivity contribution >= 4 is 54.9 Å². The third-order valence-corrected chi connectivity index (χ3v) is 4.71. The number of carboxylic acids is 2. The summed E-state index contributed by atoms with van der Waals surface area (Å²) in [5.74, 6) is -4.82. The molecule has 0 aromatic rings. The predicted octanol–water partition coefficient (Wildman–Crippen LogP) is -1.38. The molecule has 11 nitrogen and oxygen atoms in total. The Hall–Kier alpha value is -1.99. The maximum Gasteiger partial charge on any atom is 0.326 e. The van der Waals surface area contributed by atoms with E-state index in [-0.39, 0.29) is 30.3 Å². The summed E-state index contributed by atoms with van der Waals surface area (Å²) in [6, 6.07) is -4.62. The van der Waals surface area contributed by atoms with E-state index in [1.807, 2.05) is 0 Å². The van der Waals surface area contributed by atoms with Crippen LogP contribution in [0.1, 0.15) is 33.1 Å². The number of aliphatic carboxylic acids is 2. The molecule has 0 aliphatic carbocycles. The molecule has 0 aliphatic rings. The summed E-state index contributed by atoms with van der Waals surface area (Å²) in [6.07, 6.45) is -0.565. The highest BCUT2D eigenvalue weighted by atomic mass is 32.1. The van der Waals surface area contributed by atoms with Gasteiger partial charge in [0.2, 0.25) is 17.7 Å². The minimum atomic E-state index is -1.32. The first-order valence-corrected chi connectivity index (χ1v) is 10.5. The van der Waals surface area contributed by atoms with Crippen molar-refractivity contribution in [1.82, 2.24) is 16.0 Å². The quantitative estimate of drug-likeness (QED) is 0.144. The number of amides is 3. The molecule has 7 N–H and O–H groups in total. The first-order valence-electron chi connectivity index (χ1n) is 9.25. The Morgan fingerprint density at radius 1 is 0.833 bits per heavy atom. The maximum atomic E-state index is 12.6. The molecule has 13 heteroatoms. The highest BCUT2D eigenvalue weighted by molar-refractivity contribution is 7.80. The molecule has 4 atom stereocenters. The molecular weight excluding hydrogens is 436 g/mol. The number of hydrogen-bond donors (Lipinski definition) is 8. The van der Waals surface area contributed by atoms with Crippen LogP contribution in [0.5, 0.6) is 0 Å². The fourth-order valence-corrected chi connectivity index (χ4v) is 2.75. The normalized spacial score (nSPS) is 14.9. The molecule has 172 valence electrons. The third-order valence-electron chi connectivity index (χ3n) is 3.95. The molecule has 0 radical (unpaired) electrons. The van der Waals surface area contributed by atoms with Gasteiger partial charge < -0.3 is 31.9 Å². The van der Waals surface area contributed by atoms with Crippen LogP contribution in [0.2, 0.25) is 0 Å². The number of carboxylic acid groups (broad SMARTS) is 2. The molecule has 0 heterocycles.